The average molecular weight is 385 g/mol. The third kappa shape index (κ3) is 3.12. The highest BCUT2D eigenvalue weighted by Crippen LogP contribution is 2.62. The summed E-state index contributed by atoms with van der Waals surface area (Å²) < 4.78 is 5.37. The van der Waals surface area contributed by atoms with Gasteiger partial charge in [-0.05, 0) is 26.0 Å². The summed E-state index contributed by atoms with van der Waals surface area (Å²) in [6.45, 7) is 9.43. The topological polar surface area (TPSA) is 87.7 Å². The van der Waals surface area contributed by atoms with Crippen molar-refractivity contribution in [3.63, 3.8) is 0 Å². The van der Waals surface area contributed by atoms with Gasteiger partial charge in [-0.15, -0.1) is 0 Å². The number of rotatable bonds is 4. The molecule has 3 aliphatic rings. The van der Waals surface area contributed by atoms with Gasteiger partial charge in [-0.1, -0.05) is 19.1 Å². The van der Waals surface area contributed by atoms with Gasteiger partial charge in [-0.25, -0.2) is 0 Å². The number of hydrogen-bond acceptors (Lipinski definition) is 5. The lowest BCUT2D eigenvalue weighted by molar-refractivity contribution is -0.127. The Hall–Kier alpha value is -2.25. The van der Waals surface area contributed by atoms with E-state index in [0.29, 0.717) is 31.0 Å². The second-order valence-corrected chi connectivity index (χ2v) is 8.86. The van der Waals surface area contributed by atoms with Crippen LogP contribution in [-0.4, -0.2) is 60.9 Å². The average Bonchev–Trinajstić information content (AvgIpc) is 3.30. The van der Waals surface area contributed by atoms with Gasteiger partial charge >= 0.3 is 0 Å². The zero-order valence-electron chi connectivity index (χ0n) is 16.6. The molecule has 150 valence electrons. The molecule has 1 saturated heterocycles. The Labute approximate surface area is 164 Å². The zero-order chi connectivity index (χ0) is 20.1. The van der Waals surface area contributed by atoms with E-state index in [-0.39, 0.29) is 17.6 Å². The molecule has 2 amide bonds. The van der Waals surface area contributed by atoms with Crippen molar-refractivity contribution in [2.45, 2.75) is 26.3 Å². The lowest BCUT2D eigenvalue weighted by atomic mass is 9.92. The largest absolute Gasteiger partial charge is 0.379 e. The van der Waals surface area contributed by atoms with Gasteiger partial charge in [0.15, 0.2) is 5.78 Å². The summed E-state index contributed by atoms with van der Waals surface area (Å²) in [6.07, 6.45) is 0. The van der Waals surface area contributed by atoms with E-state index in [1.54, 1.807) is 31.2 Å². The molecule has 0 radical (unpaired) electrons. The van der Waals surface area contributed by atoms with Gasteiger partial charge in [0, 0.05) is 30.7 Å². The maximum Gasteiger partial charge on any atom is 0.229 e. The van der Waals surface area contributed by atoms with Crippen molar-refractivity contribution < 1.29 is 19.1 Å². The molecule has 2 aliphatic heterocycles. The van der Waals surface area contributed by atoms with Gasteiger partial charge < -0.3 is 15.4 Å². The smallest absolute Gasteiger partial charge is 0.229 e. The van der Waals surface area contributed by atoms with Crippen LogP contribution in [0.3, 0.4) is 0 Å². The summed E-state index contributed by atoms with van der Waals surface area (Å²) in [4.78, 5) is 41.2. The van der Waals surface area contributed by atoms with Gasteiger partial charge in [0.25, 0.3) is 0 Å². The number of benzene rings is 1. The maximum absolute atomic E-state index is 13.1. The predicted molar refractivity (Wildman–Crippen MR) is 104 cm³/mol. The Kier molecular flexibility index (Phi) is 4.55. The SMILES string of the molecule is CC(C)(CN1CCOCC1)NC(=O)[C@@H]1C2C(=O)Nc3ccccc3C(=O)[C@@]21C. The van der Waals surface area contributed by atoms with Gasteiger partial charge in [0.1, 0.15) is 0 Å². The van der Waals surface area contributed by atoms with Crippen molar-refractivity contribution in [3.8, 4) is 0 Å². The zero-order valence-corrected chi connectivity index (χ0v) is 16.6. The van der Waals surface area contributed by atoms with Crippen LogP contribution >= 0.6 is 0 Å². The van der Waals surface area contributed by atoms with Crippen molar-refractivity contribution in [2.75, 3.05) is 38.2 Å². The van der Waals surface area contributed by atoms with Crippen LogP contribution in [-0.2, 0) is 14.3 Å². The first-order valence-electron chi connectivity index (χ1n) is 9.81. The molecule has 1 aromatic carbocycles. The number of nitrogens with zero attached hydrogens (tertiary/aromatic N) is 1. The standard InChI is InChI=1S/C21H27N3O4/c1-20(2,12-24-8-10-28-11-9-24)23-19(27)16-15-18(26)22-14-7-5-4-6-13(14)17(25)21(15,16)3/h4-7,15-16H,8-12H2,1-3H3,(H,22,26)(H,23,27)/t15?,16-,21-/m0/s1. The van der Waals surface area contributed by atoms with Gasteiger partial charge in [-0.3, -0.25) is 19.3 Å². The van der Waals surface area contributed by atoms with E-state index in [2.05, 4.69) is 15.5 Å². The van der Waals surface area contributed by atoms with Crippen molar-refractivity contribution in [1.82, 2.24) is 10.2 Å². The Morgan fingerprint density at radius 3 is 2.68 bits per heavy atom. The number of carbonyl (C=O) groups excluding carboxylic acids is 3. The molecule has 0 aromatic heterocycles. The highest BCUT2D eigenvalue weighted by molar-refractivity contribution is 6.19. The van der Waals surface area contributed by atoms with Crippen LogP contribution in [0.2, 0.25) is 0 Å². The van der Waals surface area contributed by atoms with Crippen LogP contribution in [0.5, 0.6) is 0 Å². The molecule has 1 saturated carbocycles. The minimum Gasteiger partial charge on any atom is -0.379 e. The van der Waals surface area contributed by atoms with Gasteiger partial charge in [0.2, 0.25) is 11.8 Å². The molecule has 2 N–H and O–H groups in total. The Morgan fingerprint density at radius 1 is 1.29 bits per heavy atom. The molecule has 28 heavy (non-hydrogen) atoms. The van der Waals surface area contributed by atoms with Crippen LogP contribution in [0.1, 0.15) is 31.1 Å². The summed E-state index contributed by atoms with van der Waals surface area (Å²) in [7, 11) is 0. The van der Waals surface area contributed by atoms with Crippen molar-refractivity contribution in [1.29, 1.82) is 0 Å². The molecule has 0 spiro atoms. The first-order valence-corrected chi connectivity index (χ1v) is 9.81. The molecule has 2 heterocycles. The second-order valence-electron chi connectivity index (χ2n) is 8.86. The number of hydrogen-bond donors (Lipinski definition) is 2. The van der Waals surface area contributed by atoms with Crippen LogP contribution in [0.4, 0.5) is 5.69 Å². The van der Waals surface area contributed by atoms with E-state index in [4.69, 9.17) is 4.74 Å². The van der Waals surface area contributed by atoms with E-state index in [9.17, 15) is 14.4 Å². The molecule has 2 fully saturated rings. The van der Waals surface area contributed by atoms with Crippen LogP contribution < -0.4 is 10.6 Å². The molecule has 7 nitrogen and oxygen atoms in total. The van der Waals surface area contributed by atoms with Gasteiger partial charge in [-0.2, -0.15) is 0 Å². The molecular weight excluding hydrogens is 358 g/mol. The summed E-state index contributed by atoms with van der Waals surface area (Å²) in [5.41, 5.74) is -0.457. The number of morpholine rings is 1. The summed E-state index contributed by atoms with van der Waals surface area (Å²) >= 11 is 0. The van der Waals surface area contributed by atoms with E-state index < -0.39 is 22.8 Å². The molecule has 4 rings (SSSR count). The molecule has 3 atom stereocenters. The number of para-hydroxylation sites is 1. The third-order valence-electron chi connectivity index (χ3n) is 6.18. The van der Waals surface area contributed by atoms with Crippen LogP contribution in [0, 0.1) is 17.3 Å². The summed E-state index contributed by atoms with van der Waals surface area (Å²) in [6, 6.07) is 6.99. The molecule has 1 aromatic rings. The van der Waals surface area contributed by atoms with Crippen LogP contribution in [0.25, 0.3) is 0 Å². The van der Waals surface area contributed by atoms with Crippen LogP contribution in [0.15, 0.2) is 24.3 Å². The molecular formula is C21H27N3O4. The highest BCUT2D eigenvalue weighted by atomic mass is 16.5. The summed E-state index contributed by atoms with van der Waals surface area (Å²) in [5.74, 6) is -1.90. The van der Waals surface area contributed by atoms with Crippen molar-refractivity contribution in [3.05, 3.63) is 29.8 Å². The lowest BCUT2D eigenvalue weighted by Gasteiger charge is -2.35. The fourth-order valence-electron chi connectivity index (χ4n) is 4.70. The Balaban J connectivity index is 1.50. The van der Waals surface area contributed by atoms with E-state index >= 15 is 0 Å². The minimum absolute atomic E-state index is 0.141. The lowest BCUT2D eigenvalue weighted by Crippen LogP contribution is -2.54. The number of fused-ring (bicyclic) bond motifs is 2. The number of Topliss-reactive ketones (excluding diaryl/α,β-unsaturated/α-hetero) is 1. The molecule has 0 bridgehead atoms. The Bertz CT molecular complexity index is 831. The predicted octanol–water partition coefficient (Wildman–Crippen LogP) is 1.30. The maximum atomic E-state index is 13.1. The molecule has 1 unspecified atom stereocenters. The van der Waals surface area contributed by atoms with Crippen molar-refractivity contribution in [2.24, 2.45) is 17.3 Å². The molecule has 1 aliphatic carbocycles. The summed E-state index contributed by atoms with van der Waals surface area (Å²) in [5, 5.41) is 5.90. The normalized spacial score (nSPS) is 30.0. The highest BCUT2D eigenvalue weighted by Gasteiger charge is 2.73. The van der Waals surface area contributed by atoms with Crippen molar-refractivity contribution >= 4 is 23.3 Å². The number of ether oxygens (including phenoxy) is 1. The number of nitrogens with one attached hydrogen (secondary N) is 2. The quantitative estimate of drug-likeness (QED) is 0.816. The fourth-order valence-corrected chi connectivity index (χ4v) is 4.70. The second kappa shape index (κ2) is 6.67. The first-order chi connectivity index (χ1) is 13.2. The monoisotopic (exact) mass is 385 g/mol. The van der Waals surface area contributed by atoms with E-state index in [1.165, 1.54) is 0 Å². The van der Waals surface area contributed by atoms with E-state index in [1.807, 2.05) is 13.8 Å². The molecule has 7 heteroatoms. The van der Waals surface area contributed by atoms with Gasteiger partial charge in [0.05, 0.1) is 36.2 Å². The fraction of sp³-hybridized carbons (Fsp3) is 0.571. The number of amides is 2. The number of ketones is 1. The minimum atomic E-state index is -0.990. The van der Waals surface area contributed by atoms with E-state index in [0.717, 1.165) is 13.1 Å². The number of anilines is 1. The Morgan fingerprint density at radius 2 is 1.96 bits per heavy atom. The first kappa shape index (κ1) is 19.1. The third-order valence-corrected chi connectivity index (χ3v) is 6.18. The number of carbonyl (C=O) groups is 3.